The van der Waals surface area contributed by atoms with Crippen LogP contribution in [-0.2, 0) is 0 Å². The first-order valence-electron chi connectivity index (χ1n) is 8.39. The number of pyridine rings is 1. The van der Waals surface area contributed by atoms with E-state index in [1.54, 1.807) is 0 Å². The summed E-state index contributed by atoms with van der Waals surface area (Å²) >= 11 is 0. The van der Waals surface area contributed by atoms with Crippen molar-refractivity contribution in [2.45, 2.75) is 0 Å². The molecule has 4 heteroatoms. The number of fused-ring (bicyclic) bond motifs is 2. The summed E-state index contributed by atoms with van der Waals surface area (Å²) in [7, 11) is 0. The largest absolute Gasteiger partial charge is 0.457 e. The maximum atomic E-state index is 6.15. The lowest BCUT2D eigenvalue weighted by molar-refractivity contribution is 0.174. The Morgan fingerprint density at radius 2 is 1.58 bits per heavy atom. The number of hydrogen-bond acceptors (Lipinski definition) is 4. The topological polar surface area (TPSA) is 40.6 Å². The van der Waals surface area contributed by atoms with Gasteiger partial charge in [-0.15, -0.1) is 0 Å². The Balaban J connectivity index is 1.64. The molecular formula is C22H15NO3. The number of aromatic nitrogens is 1. The minimum Gasteiger partial charge on any atom is -0.457 e. The van der Waals surface area contributed by atoms with Crippen molar-refractivity contribution in [3.05, 3.63) is 78.9 Å². The minimum atomic E-state index is 0.256. The Kier molecular flexibility index (Phi) is 3.46. The van der Waals surface area contributed by atoms with E-state index < -0.39 is 0 Å². The molecule has 4 nitrogen and oxygen atoms in total. The van der Waals surface area contributed by atoms with Gasteiger partial charge in [-0.25, -0.2) is 4.98 Å². The van der Waals surface area contributed by atoms with Gasteiger partial charge in [-0.2, -0.15) is 0 Å². The second-order valence-electron chi connectivity index (χ2n) is 6.01. The highest BCUT2D eigenvalue weighted by Gasteiger charge is 2.16. The molecule has 0 aliphatic carbocycles. The van der Waals surface area contributed by atoms with Crippen molar-refractivity contribution in [2.75, 3.05) is 6.79 Å². The molecule has 2 heterocycles. The number of benzene rings is 3. The van der Waals surface area contributed by atoms with Gasteiger partial charge in [0.25, 0.3) is 0 Å². The van der Waals surface area contributed by atoms with E-state index in [-0.39, 0.29) is 6.79 Å². The van der Waals surface area contributed by atoms with Crippen LogP contribution in [0.5, 0.6) is 23.0 Å². The van der Waals surface area contributed by atoms with Crippen LogP contribution in [0.3, 0.4) is 0 Å². The Bertz CT molecular complexity index is 1090. The summed E-state index contributed by atoms with van der Waals surface area (Å²) in [5.74, 6) is 3.06. The van der Waals surface area contributed by atoms with E-state index in [0.29, 0.717) is 0 Å². The lowest BCUT2D eigenvalue weighted by atomic mass is 10.1. The first kappa shape index (κ1) is 14.8. The van der Waals surface area contributed by atoms with Gasteiger partial charge in [0, 0.05) is 17.0 Å². The predicted molar refractivity (Wildman–Crippen MR) is 99.8 cm³/mol. The third-order valence-corrected chi connectivity index (χ3v) is 4.32. The van der Waals surface area contributed by atoms with Gasteiger partial charge >= 0.3 is 0 Å². The van der Waals surface area contributed by atoms with Crippen molar-refractivity contribution in [2.24, 2.45) is 0 Å². The first-order valence-corrected chi connectivity index (χ1v) is 8.39. The highest BCUT2D eigenvalue weighted by molar-refractivity contribution is 5.88. The lowest BCUT2D eigenvalue weighted by Crippen LogP contribution is -1.93. The minimum absolute atomic E-state index is 0.256. The van der Waals surface area contributed by atoms with Crippen LogP contribution >= 0.6 is 0 Å². The third kappa shape index (κ3) is 2.62. The standard InChI is InChI=1S/C22H15NO3/c1-2-6-16(7-3-1)26-21-13-19(23-18-9-5-4-8-17(18)21)15-10-11-20-22(12-15)25-14-24-20/h1-13H,14H2. The Labute approximate surface area is 150 Å². The molecule has 1 aliphatic rings. The predicted octanol–water partition coefficient (Wildman–Crippen LogP) is 5.42. The summed E-state index contributed by atoms with van der Waals surface area (Å²) in [6.07, 6.45) is 0. The summed E-state index contributed by atoms with van der Waals surface area (Å²) in [4.78, 5) is 4.80. The average Bonchev–Trinajstić information content (AvgIpc) is 3.16. The molecule has 0 N–H and O–H groups in total. The molecule has 1 aromatic heterocycles. The van der Waals surface area contributed by atoms with Gasteiger partial charge in [0.05, 0.1) is 11.2 Å². The van der Waals surface area contributed by atoms with E-state index in [1.165, 1.54) is 0 Å². The molecule has 26 heavy (non-hydrogen) atoms. The van der Waals surface area contributed by atoms with Crippen molar-refractivity contribution in [1.29, 1.82) is 0 Å². The zero-order valence-electron chi connectivity index (χ0n) is 13.9. The molecule has 0 fully saturated rings. The average molecular weight is 341 g/mol. The van der Waals surface area contributed by atoms with Crippen molar-refractivity contribution in [3.8, 4) is 34.3 Å². The van der Waals surface area contributed by atoms with Gasteiger partial charge < -0.3 is 14.2 Å². The maximum Gasteiger partial charge on any atom is 0.231 e. The lowest BCUT2D eigenvalue weighted by Gasteiger charge is -2.11. The first-order chi connectivity index (χ1) is 12.9. The van der Waals surface area contributed by atoms with E-state index in [9.17, 15) is 0 Å². The van der Waals surface area contributed by atoms with Gasteiger partial charge in [0.2, 0.25) is 6.79 Å². The summed E-state index contributed by atoms with van der Waals surface area (Å²) in [5.41, 5.74) is 2.67. The van der Waals surface area contributed by atoms with Crippen LogP contribution in [0.25, 0.3) is 22.2 Å². The van der Waals surface area contributed by atoms with Crippen LogP contribution < -0.4 is 14.2 Å². The second-order valence-corrected chi connectivity index (χ2v) is 6.01. The van der Waals surface area contributed by atoms with Crippen LogP contribution in [0.1, 0.15) is 0 Å². The quantitative estimate of drug-likeness (QED) is 0.499. The van der Waals surface area contributed by atoms with Gasteiger partial charge in [-0.05, 0) is 42.5 Å². The normalized spacial score (nSPS) is 12.3. The fourth-order valence-corrected chi connectivity index (χ4v) is 3.05. The molecule has 0 bridgehead atoms. The van der Waals surface area contributed by atoms with Gasteiger partial charge in [0.15, 0.2) is 11.5 Å². The van der Waals surface area contributed by atoms with Crippen molar-refractivity contribution in [1.82, 2.24) is 4.98 Å². The van der Waals surface area contributed by atoms with Crippen molar-refractivity contribution >= 4 is 10.9 Å². The molecule has 0 saturated heterocycles. The summed E-state index contributed by atoms with van der Waals surface area (Å²) in [5, 5.41) is 0.973. The molecule has 126 valence electrons. The number of hydrogen-bond donors (Lipinski definition) is 0. The molecule has 1 aliphatic heterocycles. The highest BCUT2D eigenvalue weighted by Crippen LogP contribution is 2.38. The van der Waals surface area contributed by atoms with Crippen molar-refractivity contribution < 1.29 is 14.2 Å². The third-order valence-electron chi connectivity index (χ3n) is 4.32. The van der Waals surface area contributed by atoms with E-state index in [4.69, 9.17) is 19.2 Å². The SMILES string of the molecule is c1ccc(Oc2cc(-c3ccc4c(c3)OCO4)nc3ccccc23)cc1. The summed E-state index contributed by atoms with van der Waals surface area (Å²) in [6, 6.07) is 25.5. The van der Waals surface area contributed by atoms with Crippen LogP contribution in [0.2, 0.25) is 0 Å². The molecule has 3 aromatic carbocycles. The number of rotatable bonds is 3. The molecule has 4 aromatic rings. The highest BCUT2D eigenvalue weighted by atomic mass is 16.7. The van der Waals surface area contributed by atoms with E-state index in [2.05, 4.69) is 0 Å². The maximum absolute atomic E-state index is 6.15. The van der Waals surface area contributed by atoms with Crippen molar-refractivity contribution in [3.63, 3.8) is 0 Å². The molecular weight excluding hydrogens is 326 g/mol. The van der Waals surface area contributed by atoms with E-state index in [0.717, 1.165) is 45.2 Å². The Morgan fingerprint density at radius 1 is 0.769 bits per heavy atom. The fraction of sp³-hybridized carbons (Fsp3) is 0.0455. The molecule has 0 radical (unpaired) electrons. The van der Waals surface area contributed by atoms with E-state index in [1.807, 2.05) is 78.9 Å². The molecule has 0 amide bonds. The second kappa shape index (κ2) is 6.08. The smallest absolute Gasteiger partial charge is 0.231 e. The zero-order valence-corrected chi connectivity index (χ0v) is 13.9. The monoisotopic (exact) mass is 341 g/mol. The molecule has 5 rings (SSSR count). The summed E-state index contributed by atoms with van der Waals surface area (Å²) in [6.45, 7) is 0.256. The summed E-state index contributed by atoms with van der Waals surface area (Å²) < 4.78 is 17.0. The zero-order chi connectivity index (χ0) is 17.3. The van der Waals surface area contributed by atoms with Crippen LogP contribution in [0, 0.1) is 0 Å². The Morgan fingerprint density at radius 3 is 2.50 bits per heavy atom. The fourth-order valence-electron chi connectivity index (χ4n) is 3.05. The number of nitrogens with zero attached hydrogens (tertiary/aromatic N) is 1. The van der Waals surface area contributed by atoms with Crippen LogP contribution in [0.4, 0.5) is 0 Å². The van der Waals surface area contributed by atoms with Crippen LogP contribution in [-0.4, -0.2) is 11.8 Å². The molecule has 0 atom stereocenters. The number of ether oxygens (including phenoxy) is 3. The molecule has 0 saturated carbocycles. The Hall–Kier alpha value is -3.53. The van der Waals surface area contributed by atoms with Gasteiger partial charge in [-0.3, -0.25) is 0 Å². The molecule has 0 unspecified atom stereocenters. The van der Waals surface area contributed by atoms with Gasteiger partial charge in [-0.1, -0.05) is 30.3 Å². The van der Waals surface area contributed by atoms with Gasteiger partial charge in [0.1, 0.15) is 11.5 Å². The number of para-hydroxylation sites is 2. The van der Waals surface area contributed by atoms with Crippen LogP contribution in [0.15, 0.2) is 78.9 Å². The molecule has 0 spiro atoms. The van der Waals surface area contributed by atoms with E-state index >= 15 is 0 Å².